The lowest BCUT2D eigenvalue weighted by atomic mass is 10.1. The summed E-state index contributed by atoms with van der Waals surface area (Å²) in [6.45, 7) is 1.97. The van der Waals surface area contributed by atoms with Crippen molar-refractivity contribution in [3.8, 4) is 0 Å². The first-order valence-corrected chi connectivity index (χ1v) is 7.54. The molecule has 112 valence electrons. The van der Waals surface area contributed by atoms with Gasteiger partial charge in [-0.3, -0.25) is 9.48 Å². The van der Waals surface area contributed by atoms with Crippen LogP contribution in [0.5, 0.6) is 0 Å². The third-order valence-electron chi connectivity index (χ3n) is 3.21. The molecule has 21 heavy (non-hydrogen) atoms. The number of carbonyl (C=O) groups excluding carboxylic acids is 1. The van der Waals surface area contributed by atoms with Crippen molar-refractivity contribution >= 4 is 21.8 Å². The highest BCUT2D eigenvalue weighted by Gasteiger charge is 2.19. The molecule has 0 aliphatic carbocycles. The summed E-state index contributed by atoms with van der Waals surface area (Å²) >= 11 is 3.40. The zero-order valence-electron chi connectivity index (χ0n) is 12.1. The van der Waals surface area contributed by atoms with Crippen LogP contribution in [0.15, 0.2) is 41.1 Å². The van der Waals surface area contributed by atoms with Crippen molar-refractivity contribution in [3.63, 3.8) is 0 Å². The molecule has 2 rings (SSSR count). The van der Waals surface area contributed by atoms with Crippen molar-refractivity contribution in [2.75, 3.05) is 0 Å². The number of nitrogens with zero attached hydrogens (tertiary/aromatic N) is 2. The lowest BCUT2D eigenvalue weighted by molar-refractivity contribution is -0.123. The number of rotatable bonds is 5. The summed E-state index contributed by atoms with van der Waals surface area (Å²) in [5, 5.41) is 6.97. The minimum Gasteiger partial charge on any atom is -0.352 e. The Labute approximate surface area is 132 Å². The molecule has 0 radical (unpaired) electrons. The van der Waals surface area contributed by atoms with Crippen LogP contribution in [0.25, 0.3) is 0 Å². The van der Waals surface area contributed by atoms with E-state index in [4.69, 9.17) is 5.73 Å². The summed E-state index contributed by atoms with van der Waals surface area (Å²) in [6.07, 6.45) is 4.13. The Morgan fingerprint density at radius 2 is 2.10 bits per heavy atom. The number of halogens is 1. The summed E-state index contributed by atoms with van der Waals surface area (Å²) in [4.78, 5) is 12.1. The van der Waals surface area contributed by atoms with E-state index in [9.17, 15) is 4.79 Å². The molecule has 6 heteroatoms. The Morgan fingerprint density at radius 1 is 1.43 bits per heavy atom. The predicted octanol–water partition coefficient (Wildman–Crippen LogP) is 1.93. The van der Waals surface area contributed by atoms with Gasteiger partial charge in [-0.15, -0.1) is 0 Å². The Kier molecular flexibility index (Phi) is 5.14. The molecule has 2 unspecified atom stereocenters. The molecule has 0 aliphatic rings. The van der Waals surface area contributed by atoms with Crippen LogP contribution in [0.2, 0.25) is 0 Å². The van der Waals surface area contributed by atoms with Crippen molar-refractivity contribution in [2.24, 2.45) is 12.8 Å². The van der Waals surface area contributed by atoms with Gasteiger partial charge in [-0.1, -0.05) is 28.1 Å². The second-order valence-corrected chi connectivity index (χ2v) is 6.08. The van der Waals surface area contributed by atoms with E-state index in [2.05, 4.69) is 26.3 Å². The molecule has 5 nitrogen and oxygen atoms in total. The van der Waals surface area contributed by atoms with Gasteiger partial charge in [-0.05, 0) is 31.0 Å². The van der Waals surface area contributed by atoms with Crippen LogP contribution in [0.4, 0.5) is 0 Å². The lowest BCUT2D eigenvalue weighted by Crippen LogP contribution is -2.40. The van der Waals surface area contributed by atoms with Crippen molar-refractivity contribution in [1.82, 2.24) is 15.1 Å². The largest absolute Gasteiger partial charge is 0.352 e. The average molecular weight is 351 g/mol. The summed E-state index contributed by atoms with van der Waals surface area (Å²) < 4.78 is 2.68. The number of benzene rings is 1. The Bertz CT molecular complexity index is 608. The van der Waals surface area contributed by atoms with Gasteiger partial charge in [0.1, 0.15) is 6.04 Å². The second kappa shape index (κ2) is 6.87. The van der Waals surface area contributed by atoms with E-state index in [1.807, 2.05) is 31.2 Å². The molecule has 1 heterocycles. The second-order valence-electron chi connectivity index (χ2n) is 5.17. The molecule has 0 saturated carbocycles. The number of hydrogen-bond acceptors (Lipinski definition) is 3. The third-order valence-corrected chi connectivity index (χ3v) is 3.74. The van der Waals surface area contributed by atoms with Gasteiger partial charge in [0.05, 0.1) is 6.20 Å². The minimum atomic E-state index is -0.689. The highest BCUT2D eigenvalue weighted by Crippen LogP contribution is 2.13. The molecular formula is C15H19BrN4O. The van der Waals surface area contributed by atoms with Crippen molar-refractivity contribution in [1.29, 1.82) is 0 Å². The van der Waals surface area contributed by atoms with Crippen molar-refractivity contribution < 1.29 is 4.79 Å². The first-order valence-electron chi connectivity index (χ1n) is 6.74. The van der Waals surface area contributed by atoms with Gasteiger partial charge < -0.3 is 11.1 Å². The van der Waals surface area contributed by atoms with Crippen LogP contribution in [0.1, 0.15) is 24.1 Å². The van der Waals surface area contributed by atoms with Crippen LogP contribution in [-0.4, -0.2) is 21.7 Å². The quantitative estimate of drug-likeness (QED) is 0.865. The topological polar surface area (TPSA) is 72.9 Å². The number of nitrogens with two attached hydrogens (primary N) is 1. The maximum Gasteiger partial charge on any atom is 0.241 e. The summed E-state index contributed by atoms with van der Waals surface area (Å²) in [5.41, 5.74) is 7.82. The fourth-order valence-electron chi connectivity index (χ4n) is 2.11. The highest BCUT2D eigenvalue weighted by atomic mass is 79.9. The van der Waals surface area contributed by atoms with Crippen LogP contribution < -0.4 is 11.1 Å². The molecule has 2 aromatic rings. The van der Waals surface area contributed by atoms with E-state index >= 15 is 0 Å². The standard InChI is InChI=1S/C15H19BrN4O/c1-10(7-11-3-5-13(16)6-4-11)19-15(21)14(17)12-8-18-20(2)9-12/h3-6,8-10,14H,7,17H2,1-2H3,(H,19,21). The SMILES string of the molecule is CC(Cc1ccc(Br)cc1)NC(=O)C(N)c1cnn(C)c1. The van der Waals surface area contributed by atoms with Crippen LogP contribution in [0, 0.1) is 0 Å². The smallest absolute Gasteiger partial charge is 0.241 e. The fourth-order valence-corrected chi connectivity index (χ4v) is 2.37. The highest BCUT2D eigenvalue weighted by molar-refractivity contribution is 9.10. The number of nitrogens with one attached hydrogen (secondary N) is 1. The number of hydrogen-bond donors (Lipinski definition) is 2. The molecule has 3 N–H and O–H groups in total. The van der Waals surface area contributed by atoms with E-state index in [1.54, 1.807) is 24.1 Å². The molecule has 0 spiro atoms. The third kappa shape index (κ3) is 4.41. The summed E-state index contributed by atoms with van der Waals surface area (Å²) in [7, 11) is 1.80. The molecule has 0 bridgehead atoms. The average Bonchev–Trinajstić information content (AvgIpc) is 2.87. The molecule has 0 aliphatic heterocycles. The zero-order valence-corrected chi connectivity index (χ0v) is 13.7. The van der Waals surface area contributed by atoms with Gasteiger partial charge in [-0.2, -0.15) is 5.10 Å². The monoisotopic (exact) mass is 350 g/mol. The molecule has 0 saturated heterocycles. The lowest BCUT2D eigenvalue weighted by Gasteiger charge is -2.17. The van der Waals surface area contributed by atoms with Gasteiger partial charge >= 0.3 is 0 Å². The number of carbonyl (C=O) groups is 1. The molecule has 1 amide bonds. The fraction of sp³-hybridized carbons (Fsp3) is 0.333. The van der Waals surface area contributed by atoms with Crippen molar-refractivity contribution in [2.45, 2.75) is 25.4 Å². The molecule has 1 aromatic heterocycles. The van der Waals surface area contributed by atoms with Gasteiger partial charge in [0, 0.05) is 29.3 Å². The van der Waals surface area contributed by atoms with Gasteiger partial charge in [0.15, 0.2) is 0 Å². The maximum absolute atomic E-state index is 12.1. The zero-order chi connectivity index (χ0) is 15.4. The first kappa shape index (κ1) is 15.7. The molecule has 2 atom stereocenters. The minimum absolute atomic E-state index is 0.0152. The molecule has 1 aromatic carbocycles. The van der Waals surface area contributed by atoms with Crippen LogP contribution in [0.3, 0.4) is 0 Å². The Hall–Kier alpha value is -1.66. The summed E-state index contributed by atoms with van der Waals surface area (Å²) in [6, 6.07) is 7.38. The van der Waals surface area contributed by atoms with E-state index in [0.717, 1.165) is 10.9 Å². The van der Waals surface area contributed by atoms with Crippen LogP contribution >= 0.6 is 15.9 Å². The first-order chi connectivity index (χ1) is 9.95. The predicted molar refractivity (Wildman–Crippen MR) is 85.6 cm³/mol. The van der Waals surface area contributed by atoms with E-state index in [1.165, 1.54) is 5.56 Å². The van der Waals surface area contributed by atoms with Gasteiger partial charge in [0.25, 0.3) is 0 Å². The number of amides is 1. The maximum atomic E-state index is 12.1. The van der Waals surface area contributed by atoms with Gasteiger partial charge in [-0.25, -0.2) is 0 Å². The van der Waals surface area contributed by atoms with Crippen molar-refractivity contribution in [3.05, 3.63) is 52.3 Å². The Morgan fingerprint density at radius 3 is 2.67 bits per heavy atom. The Balaban J connectivity index is 1.91. The molecule has 0 fully saturated rings. The van der Waals surface area contributed by atoms with Crippen LogP contribution in [-0.2, 0) is 18.3 Å². The number of aromatic nitrogens is 2. The van der Waals surface area contributed by atoms with E-state index < -0.39 is 6.04 Å². The number of aryl methyl sites for hydroxylation is 1. The normalized spacial score (nSPS) is 13.7. The van der Waals surface area contributed by atoms with E-state index in [-0.39, 0.29) is 11.9 Å². The molecular weight excluding hydrogens is 332 g/mol. The van der Waals surface area contributed by atoms with Gasteiger partial charge in [0.2, 0.25) is 5.91 Å². The summed E-state index contributed by atoms with van der Waals surface area (Å²) in [5.74, 6) is -0.187. The van der Waals surface area contributed by atoms with E-state index in [0.29, 0.717) is 5.56 Å².